The molecule has 45 heavy (non-hydrogen) atoms. The van der Waals surface area contributed by atoms with Gasteiger partial charge in [0.25, 0.3) is 0 Å². The summed E-state index contributed by atoms with van der Waals surface area (Å²) in [7, 11) is -0.908. The number of aromatic nitrogens is 4. The second-order valence-corrected chi connectivity index (χ2v) is 26.1. The van der Waals surface area contributed by atoms with Gasteiger partial charge in [0, 0.05) is 77.0 Å². The average molecular weight is 655 g/mol. The van der Waals surface area contributed by atoms with Gasteiger partial charge in [0.1, 0.15) is 19.3 Å². The monoisotopic (exact) mass is 654 g/mol. The fourth-order valence-electron chi connectivity index (χ4n) is 6.30. The van der Waals surface area contributed by atoms with Gasteiger partial charge in [-0.1, -0.05) is 39.3 Å². The molecule has 1 unspecified atom stereocenters. The van der Waals surface area contributed by atoms with Crippen molar-refractivity contribution in [2.75, 3.05) is 38.7 Å². The summed E-state index contributed by atoms with van der Waals surface area (Å²) >= 11 is 0. The Labute approximate surface area is 268 Å². The van der Waals surface area contributed by atoms with E-state index in [-0.39, 0.29) is 18.0 Å². The molecule has 2 saturated heterocycles. The Bertz CT molecular complexity index is 1440. The van der Waals surface area contributed by atoms with Gasteiger partial charge in [-0.15, -0.1) is 0 Å². The summed E-state index contributed by atoms with van der Waals surface area (Å²) in [6, 6.07) is 8.16. The number of methoxy groups -OCH3 is 1. The molecule has 13 heteroatoms. The Morgan fingerprint density at radius 2 is 1.62 bits per heavy atom. The van der Waals surface area contributed by atoms with Crippen molar-refractivity contribution in [3.05, 3.63) is 36.3 Å². The molecule has 1 N–H and O–H groups in total. The van der Waals surface area contributed by atoms with E-state index in [0.717, 1.165) is 66.1 Å². The van der Waals surface area contributed by atoms with Crippen LogP contribution in [0.15, 0.2) is 30.6 Å². The Kier molecular flexibility index (Phi) is 10.2. The van der Waals surface area contributed by atoms with Crippen LogP contribution in [0.3, 0.4) is 0 Å². The summed E-state index contributed by atoms with van der Waals surface area (Å²) in [6.07, 6.45) is 6.09. The summed E-state index contributed by atoms with van der Waals surface area (Å²) in [6.45, 7) is 16.3. The lowest BCUT2D eigenvalue weighted by molar-refractivity contribution is 0.0934. The van der Waals surface area contributed by atoms with E-state index < -0.39 is 22.2 Å². The Morgan fingerprint density at radius 3 is 2.18 bits per heavy atom. The van der Waals surface area contributed by atoms with Gasteiger partial charge < -0.3 is 29.1 Å². The van der Waals surface area contributed by atoms with Crippen LogP contribution in [0.1, 0.15) is 37.3 Å². The summed E-state index contributed by atoms with van der Waals surface area (Å²) in [5.41, 5.74) is 3.48. The number of carbonyl (C=O) groups is 1. The highest BCUT2D eigenvalue weighted by Gasteiger charge is 2.44. The lowest BCUT2D eigenvalue weighted by atomic mass is 9.88. The largest absolute Gasteiger partial charge is 0.481 e. The predicted octanol–water partition coefficient (Wildman–Crippen LogP) is 6.62. The van der Waals surface area contributed by atoms with Crippen LogP contribution in [0.4, 0.5) is 10.6 Å². The van der Waals surface area contributed by atoms with Crippen molar-refractivity contribution >= 4 is 33.7 Å². The number of amides is 1. The lowest BCUT2D eigenvalue weighted by Gasteiger charge is -2.37. The van der Waals surface area contributed by atoms with E-state index in [1.165, 1.54) is 0 Å². The van der Waals surface area contributed by atoms with Crippen LogP contribution in [0.5, 0.6) is 5.88 Å². The van der Waals surface area contributed by atoms with Gasteiger partial charge in [0.15, 0.2) is 5.65 Å². The molecule has 3 atom stereocenters. The highest BCUT2D eigenvalue weighted by molar-refractivity contribution is 6.76. The highest BCUT2D eigenvalue weighted by atomic mass is 28.3. The van der Waals surface area contributed by atoms with Gasteiger partial charge in [-0.2, -0.15) is 9.61 Å². The molecule has 2 bridgehead atoms. The zero-order valence-electron chi connectivity index (χ0n) is 28.0. The molecule has 5 heterocycles. The number of fused-ring (bicyclic) bond motifs is 3. The molecule has 11 nitrogen and oxygen atoms in total. The molecule has 0 saturated carbocycles. The molecule has 2 aliphatic rings. The molecule has 3 aromatic heterocycles. The molecule has 0 spiro atoms. The normalized spacial score (nSPS) is 20.2. The SMILES string of the molecule is COc1cc(-c2cnn3c(N(COCC[Si](C)(C)C)COCC[Si](C)(C)C)cc(C4C[C@H]5CC[C@@H](C4)N5C(=O)O)nc23)ccn1. The van der Waals surface area contributed by atoms with E-state index in [4.69, 9.17) is 24.3 Å². The van der Waals surface area contributed by atoms with Crippen LogP contribution in [-0.4, -0.2) is 97.7 Å². The molecule has 5 rings (SSSR count). The van der Waals surface area contributed by atoms with Crippen molar-refractivity contribution in [3.63, 3.8) is 0 Å². The van der Waals surface area contributed by atoms with Crippen LogP contribution in [0, 0.1) is 0 Å². The quantitative estimate of drug-likeness (QED) is 0.116. The molecule has 0 aliphatic carbocycles. The maximum atomic E-state index is 12.0. The first-order valence-electron chi connectivity index (χ1n) is 16.1. The van der Waals surface area contributed by atoms with Crippen LogP contribution in [0.2, 0.25) is 51.4 Å². The molecular weight excluding hydrogens is 605 g/mol. The van der Waals surface area contributed by atoms with Crippen molar-refractivity contribution in [2.45, 2.75) is 95.1 Å². The number of anilines is 1. The second-order valence-electron chi connectivity index (χ2n) is 14.9. The topological polar surface area (TPSA) is 115 Å². The third-order valence-electron chi connectivity index (χ3n) is 8.91. The molecule has 3 aromatic rings. The van der Waals surface area contributed by atoms with Crippen LogP contribution >= 0.6 is 0 Å². The van der Waals surface area contributed by atoms with Crippen molar-refractivity contribution in [2.24, 2.45) is 0 Å². The number of rotatable bonds is 14. The first kappa shape index (κ1) is 33.4. The van der Waals surface area contributed by atoms with Crippen LogP contribution in [0.25, 0.3) is 16.8 Å². The molecule has 1 amide bonds. The molecule has 2 aliphatic heterocycles. The molecule has 246 valence electrons. The third-order valence-corrected chi connectivity index (χ3v) is 12.3. The number of hydrogen-bond acceptors (Lipinski definition) is 8. The van der Waals surface area contributed by atoms with Crippen molar-refractivity contribution in [1.29, 1.82) is 0 Å². The number of piperidine rings is 1. The maximum Gasteiger partial charge on any atom is 0.407 e. The van der Waals surface area contributed by atoms with Gasteiger partial charge in [0.2, 0.25) is 5.88 Å². The fraction of sp³-hybridized carbons (Fsp3) is 0.625. The van der Waals surface area contributed by atoms with Gasteiger partial charge in [-0.25, -0.2) is 14.8 Å². The van der Waals surface area contributed by atoms with E-state index in [1.54, 1.807) is 18.2 Å². The average Bonchev–Trinajstić information content (AvgIpc) is 3.53. The Morgan fingerprint density at radius 1 is 1.00 bits per heavy atom. The smallest absolute Gasteiger partial charge is 0.407 e. The number of hydrogen-bond donors (Lipinski definition) is 1. The van der Waals surface area contributed by atoms with E-state index >= 15 is 0 Å². The van der Waals surface area contributed by atoms with E-state index in [1.807, 2.05) is 22.8 Å². The van der Waals surface area contributed by atoms with E-state index in [2.05, 4.69) is 55.2 Å². The van der Waals surface area contributed by atoms with Crippen molar-refractivity contribution < 1.29 is 24.1 Å². The van der Waals surface area contributed by atoms with Crippen molar-refractivity contribution in [1.82, 2.24) is 24.5 Å². The van der Waals surface area contributed by atoms with Crippen LogP contribution in [-0.2, 0) is 9.47 Å². The first-order chi connectivity index (χ1) is 21.3. The molecule has 2 fully saturated rings. The lowest BCUT2D eigenvalue weighted by Crippen LogP contribution is -2.45. The number of pyridine rings is 1. The minimum atomic E-state index is -1.26. The zero-order valence-corrected chi connectivity index (χ0v) is 30.0. The van der Waals surface area contributed by atoms with Gasteiger partial charge in [-0.05, 0) is 49.4 Å². The molecule has 0 radical (unpaired) electrons. The minimum Gasteiger partial charge on any atom is -0.481 e. The Balaban J connectivity index is 1.53. The van der Waals surface area contributed by atoms with Gasteiger partial charge in [-0.3, -0.25) is 0 Å². The number of ether oxygens (including phenoxy) is 3. The second kappa shape index (κ2) is 13.8. The molecular formula is C32H50N6O5Si2. The fourth-order valence-corrected chi connectivity index (χ4v) is 7.81. The number of carboxylic acid groups (broad SMARTS) is 1. The molecule has 0 aromatic carbocycles. The Hall–Kier alpha value is -3.01. The summed E-state index contributed by atoms with van der Waals surface area (Å²) in [4.78, 5) is 25.3. The summed E-state index contributed by atoms with van der Waals surface area (Å²) in [5, 5.41) is 14.7. The van der Waals surface area contributed by atoms with Gasteiger partial charge in [0.05, 0.1) is 13.3 Å². The summed E-state index contributed by atoms with van der Waals surface area (Å²) < 4.78 is 19.9. The minimum absolute atomic E-state index is 0.0208. The number of nitrogens with zero attached hydrogens (tertiary/aromatic N) is 6. The maximum absolute atomic E-state index is 12.0. The highest BCUT2D eigenvalue weighted by Crippen LogP contribution is 2.43. The van der Waals surface area contributed by atoms with E-state index in [9.17, 15) is 9.90 Å². The van der Waals surface area contributed by atoms with E-state index in [0.29, 0.717) is 32.6 Å². The standard InChI is InChI=1S/C32H50N6O5Si2/c1-41-29-18-23(10-11-33-29)27-20-34-38-30(36(21-42-12-14-44(2,3)4)22-43-13-15-45(5,6)7)19-28(35-31(27)38)24-16-25-8-9-26(17-24)37(25)32(39)40/h10-11,18-20,24-26H,8-9,12-17,21-22H2,1-7H3,(H,39,40)/t24?,25-,26+. The van der Waals surface area contributed by atoms with Gasteiger partial charge >= 0.3 is 6.09 Å². The predicted molar refractivity (Wildman–Crippen MR) is 182 cm³/mol. The first-order valence-corrected chi connectivity index (χ1v) is 23.6. The van der Waals surface area contributed by atoms with Crippen LogP contribution < -0.4 is 9.64 Å². The third kappa shape index (κ3) is 8.24. The van der Waals surface area contributed by atoms with Crippen molar-refractivity contribution in [3.8, 4) is 17.0 Å². The zero-order chi connectivity index (χ0) is 32.4. The summed E-state index contributed by atoms with van der Waals surface area (Å²) in [5.74, 6) is 1.52.